The zero-order valence-corrected chi connectivity index (χ0v) is 27.3. The van der Waals surface area contributed by atoms with E-state index in [9.17, 15) is 14.4 Å². The van der Waals surface area contributed by atoms with Crippen molar-refractivity contribution in [3.63, 3.8) is 0 Å². The topological polar surface area (TPSA) is 81.8 Å². The molecule has 4 amide bonds. The standard InChI is InChI=1S/C37H48N4O3S/c42-34(33-25-31-15-7-8-16-32(31)45-33)39-37(20-9-10-21-37)35(43)41(24-19-28-11-3-1-4-12-28)36(44)38-26-29-17-22-40(23-18-29)27-30-13-5-2-6-14-30/h1,3-4,7-8,11-12,15-16,25,29-30H,2,5-6,9-10,13-14,17-24,26-27H2,(H,38,44)(H,39,42). The van der Waals surface area contributed by atoms with E-state index in [-0.39, 0.29) is 24.4 Å². The average Bonchev–Trinajstić information content (AvgIpc) is 3.74. The van der Waals surface area contributed by atoms with Crippen molar-refractivity contribution in [2.75, 3.05) is 32.7 Å². The molecule has 6 rings (SSSR count). The number of thiophene rings is 1. The molecule has 0 spiro atoms. The molecule has 1 aromatic heterocycles. The lowest BCUT2D eigenvalue weighted by molar-refractivity contribution is -0.134. The molecule has 3 fully saturated rings. The van der Waals surface area contributed by atoms with Crippen LogP contribution in [0.15, 0.2) is 60.7 Å². The van der Waals surface area contributed by atoms with Crippen LogP contribution in [0.25, 0.3) is 10.1 Å². The van der Waals surface area contributed by atoms with Gasteiger partial charge in [0.2, 0.25) is 0 Å². The Kier molecular flexibility index (Phi) is 10.5. The van der Waals surface area contributed by atoms with Gasteiger partial charge in [-0.1, -0.05) is 80.6 Å². The maximum atomic E-state index is 14.4. The summed E-state index contributed by atoms with van der Waals surface area (Å²) in [6.45, 7) is 4.23. The number of carbonyl (C=O) groups excluding carboxylic acids is 3. The number of hydrogen-bond donors (Lipinski definition) is 2. The molecule has 240 valence electrons. The van der Waals surface area contributed by atoms with Gasteiger partial charge in [0.1, 0.15) is 5.54 Å². The van der Waals surface area contributed by atoms with E-state index < -0.39 is 5.54 Å². The predicted molar refractivity (Wildman–Crippen MR) is 181 cm³/mol. The van der Waals surface area contributed by atoms with Crippen LogP contribution in [0.3, 0.4) is 0 Å². The molecule has 45 heavy (non-hydrogen) atoms. The molecule has 0 radical (unpaired) electrons. The zero-order chi connectivity index (χ0) is 31.1. The number of piperidine rings is 1. The molecule has 3 aliphatic rings. The number of hydrogen-bond acceptors (Lipinski definition) is 5. The van der Waals surface area contributed by atoms with Crippen LogP contribution >= 0.6 is 11.3 Å². The number of likely N-dealkylation sites (tertiary alicyclic amines) is 1. The van der Waals surface area contributed by atoms with Crippen molar-refractivity contribution in [3.05, 3.63) is 71.1 Å². The van der Waals surface area contributed by atoms with Crippen molar-refractivity contribution < 1.29 is 14.4 Å². The average molecular weight is 629 g/mol. The number of imide groups is 1. The van der Waals surface area contributed by atoms with Gasteiger partial charge in [-0.3, -0.25) is 14.5 Å². The lowest BCUT2D eigenvalue weighted by atomic mass is 9.88. The molecule has 3 aromatic rings. The molecule has 1 saturated heterocycles. The Hall–Kier alpha value is -3.23. The largest absolute Gasteiger partial charge is 0.337 e. The van der Waals surface area contributed by atoms with E-state index >= 15 is 0 Å². The van der Waals surface area contributed by atoms with Gasteiger partial charge in [-0.15, -0.1) is 11.3 Å². The maximum Gasteiger partial charge on any atom is 0.324 e. The molecule has 2 heterocycles. The third-order valence-corrected chi connectivity index (χ3v) is 11.4. The fraction of sp³-hybridized carbons (Fsp3) is 0.541. The Morgan fingerprint density at radius 2 is 1.56 bits per heavy atom. The molecule has 1 aliphatic heterocycles. The number of carbonyl (C=O) groups is 3. The van der Waals surface area contributed by atoms with Gasteiger partial charge in [-0.25, -0.2) is 4.79 Å². The second-order valence-corrected chi connectivity index (χ2v) is 14.6. The minimum Gasteiger partial charge on any atom is -0.337 e. The Bertz CT molecular complexity index is 1400. The fourth-order valence-corrected chi connectivity index (χ4v) is 8.58. The lowest BCUT2D eigenvalue weighted by Gasteiger charge is -2.36. The smallest absolute Gasteiger partial charge is 0.324 e. The molecule has 2 aromatic carbocycles. The van der Waals surface area contributed by atoms with Crippen molar-refractivity contribution in [1.82, 2.24) is 20.4 Å². The highest BCUT2D eigenvalue weighted by Gasteiger charge is 2.46. The number of nitrogens with one attached hydrogen (secondary N) is 2. The molecular formula is C37H48N4O3S. The highest BCUT2D eigenvalue weighted by molar-refractivity contribution is 7.20. The summed E-state index contributed by atoms with van der Waals surface area (Å²) < 4.78 is 1.04. The number of amides is 4. The van der Waals surface area contributed by atoms with Gasteiger partial charge in [0, 0.05) is 24.3 Å². The summed E-state index contributed by atoms with van der Waals surface area (Å²) >= 11 is 1.44. The Balaban J connectivity index is 1.11. The van der Waals surface area contributed by atoms with Crippen molar-refractivity contribution in [1.29, 1.82) is 0 Å². The minimum absolute atomic E-state index is 0.241. The monoisotopic (exact) mass is 628 g/mol. The van der Waals surface area contributed by atoms with Gasteiger partial charge in [-0.2, -0.15) is 0 Å². The quantitative estimate of drug-likeness (QED) is 0.253. The number of nitrogens with zero attached hydrogens (tertiary/aromatic N) is 2. The van der Waals surface area contributed by atoms with Gasteiger partial charge in [0.25, 0.3) is 11.8 Å². The lowest BCUT2D eigenvalue weighted by Crippen LogP contribution is -2.61. The molecular weight excluding hydrogens is 580 g/mol. The Morgan fingerprint density at radius 3 is 2.29 bits per heavy atom. The van der Waals surface area contributed by atoms with Gasteiger partial charge in [-0.05, 0) is 93.0 Å². The first kappa shape index (κ1) is 31.7. The number of fused-ring (bicyclic) bond motifs is 1. The molecule has 2 N–H and O–H groups in total. The summed E-state index contributed by atoms with van der Waals surface area (Å²) in [5.74, 6) is 0.734. The summed E-state index contributed by atoms with van der Waals surface area (Å²) in [6.07, 6.45) is 12.4. The zero-order valence-electron chi connectivity index (χ0n) is 26.5. The van der Waals surface area contributed by atoms with Gasteiger partial charge >= 0.3 is 6.03 Å². The van der Waals surface area contributed by atoms with E-state index in [0.717, 1.165) is 60.3 Å². The number of rotatable bonds is 10. The van der Waals surface area contributed by atoms with E-state index in [1.165, 1.54) is 54.9 Å². The summed E-state index contributed by atoms with van der Waals surface area (Å²) in [4.78, 5) is 46.4. The molecule has 8 heteroatoms. The molecule has 2 aliphatic carbocycles. The molecule has 7 nitrogen and oxygen atoms in total. The second-order valence-electron chi connectivity index (χ2n) is 13.5. The van der Waals surface area contributed by atoms with Crippen LogP contribution in [-0.2, 0) is 11.2 Å². The van der Waals surface area contributed by atoms with Crippen LogP contribution in [0.2, 0.25) is 0 Å². The van der Waals surface area contributed by atoms with Crippen LogP contribution in [0.5, 0.6) is 0 Å². The van der Waals surface area contributed by atoms with Crippen molar-refractivity contribution in [2.45, 2.75) is 82.6 Å². The van der Waals surface area contributed by atoms with Gasteiger partial charge in [0.05, 0.1) is 4.88 Å². The van der Waals surface area contributed by atoms with E-state index in [4.69, 9.17) is 0 Å². The Labute approximate surface area is 271 Å². The summed E-state index contributed by atoms with van der Waals surface area (Å²) in [7, 11) is 0. The number of urea groups is 1. The molecule has 2 saturated carbocycles. The number of benzene rings is 2. The van der Waals surface area contributed by atoms with Gasteiger partial charge < -0.3 is 15.5 Å². The van der Waals surface area contributed by atoms with Crippen molar-refractivity contribution in [3.8, 4) is 0 Å². The SMILES string of the molecule is O=C(NC1(C(=O)N(CCc2ccccc2)C(=O)NCC2CCN(CC3CCCCC3)CC2)CCCC1)c1cc2ccccc2s1. The minimum atomic E-state index is -1.08. The molecule has 0 atom stereocenters. The first-order valence-electron chi connectivity index (χ1n) is 17.2. The summed E-state index contributed by atoms with van der Waals surface area (Å²) in [5.41, 5.74) is -0.00521. The van der Waals surface area contributed by atoms with Crippen molar-refractivity contribution in [2.24, 2.45) is 11.8 Å². The first-order chi connectivity index (χ1) is 22.0. The maximum absolute atomic E-state index is 14.4. The van der Waals surface area contributed by atoms with E-state index in [0.29, 0.717) is 36.6 Å². The van der Waals surface area contributed by atoms with Crippen LogP contribution in [-0.4, -0.2) is 65.9 Å². The second kappa shape index (κ2) is 14.9. The van der Waals surface area contributed by atoms with Crippen LogP contribution < -0.4 is 10.6 Å². The Morgan fingerprint density at radius 1 is 0.844 bits per heavy atom. The van der Waals surface area contributed by atoms with E-state index in [2.05, 4.69) is 15.5 Å². The normalized spacial score (nSPS) is 19.4. The third-order valence-electron chi connectivity index (χ3n) is 10.3. The highest BCUT2D eigenvalue weighted by atomic mass is 32.1. The van der Waals surface area contributed by atoms with E-state index in [1.807, 2.05) is 60.7 Å². The predicted octanol–water partition coefficient (Wildman–Crippen LogP) is 7.02. The van der Waals surface area contributed by atoms with Crippen LogP contribution in [0.1, 0.15) is 85.9 Å². The summed E-state index contributed by atoms with van der Waals surface area (Å²) in [5, 5.41) is 7.30. The van der Waals surface area contributed by atoms with Crippen LogP contribution in [0, 0.1) is 11.8 Å². The molecule has 0 bridgehead atoms. The third kappa shape index (κ3) is 7.95. The molecule has 0 unspecified atom stereocenters. The highest BCUT2D eigenvalue weighted by Crippen LogP contribution is 2.34. The first-order valence-corrected chi connectivity index (χ1v) is 18.0. The van der Waals surface area contributed by atoms with E-state index in [1.54, 1.807) is 0 Å². The fourth-order valence-electron chi connectivity index (χ4n) is 7.62. The van der Waals surface area contributed by atoms with Crippen molar-refractivity contribution >= 4 is 39.3 Å². The van der Waals surface area contributed by atoms with Gasteiger partial charge in [0.15, 0.2) is 0 Å². The van der Waals surface area contributed by atoms with Crippen LogP contribution in [0.4, 0.5) is 4.79 Å². The summed E-state index contributed by atoms with van der Waals surface area (Å²) in [6, 6.07) is 19.4.